The van der Waals surface area contributed by atoms with Crippen molar-refractivity contribution in [2.75, 3.05) is 5.73 Å². The van der Waals surface area contributed by atoms with Crippen LogP contribution < -0.4 is 5.73 Å². The van der Waals surface area contributed by atoms with Gasteiger partial charge in [0.2, 0.25) is 0 Å². The maximum atomic E-state index is 13.0. The van der Waals surface area contributed by atoms with Crippen LogP contribution in [0, 0.1) is 0 Å². The van der Waals surface area contributed by atoms with E-state index < -0.39 is 11.7 Å². The molecule has 2 aromatic carbocycles. The van der Waals surface area contributed by atoms with Gasteiger partial charge in [0.1, 0.15) is 5.60 Å². The summed E-state index contributed by atoms with van der Waals surface area (Å²) < 4.78 is 15.7. The number of carbonyl (C=O) groups is 1. The van der Waals surface area contributed by atoms with Crippen LogP contribution in [0.1, 0.15) is 22.1 Å². The Kier molecular flexibility index (Phi) is 4.28. The van der Waals surface area contributed by atoms with Gasteiger partial charge in [-0.25, -0.2) is 9.36 Å². The van der Waals surface area contributed by atoms with Crippen LogP contribution in [0.3, 0.4) is 0 Å². The summed E-state index contributed by atoms with van der Waals surface area (Å²) in [6.45, 7) is 5.47. The van der Waals surface area contributed by atoms with Gasteiger partial charge in [-0.2, -0.15) is 0 Å². The van der Waals surface area contributed by atoms with Gasteiger partial charge in [0, 0.05) is 17.3 Å². The fourth-order valence-electron chi connectivity index (χ4n) is 3.23. The predicted octanol–water partition coefficient (Wildman–Crippen LogP) is 5.74. The van der Waals surface area contributed by atoms with Crippen LogP contribution in [-0.4, -0.2) is 21.2 Å². The topological polar surface area (TPSA) is 70.1 Å². The molecule has 0 aliphatic heterocycles. The van der Waals surface area contributed by atoms with Gasteiger partial charge < -0.3 is 10.5 Å². The van der Waals surface area contributed by atoms with Gasteiger partial charge in [-0.15, -0.1) is 0 Å². The average Bonchev–Trinajstić information content (AvgIpc) is 3.06. The Hall–Kier alpha value is -3.60. The van der Waals surface area contributed by atoms with E-state index in [4.69, 9.17) is 11.8 Å². The molecular weight excluding hydrogens is 362 g/mol. The molecule has 5 nitrogen and oxygen atoms in total. The number of ether oxygens (including phenoxy) is 1. The van der Waals surface area contributed by atoms with Crippen molar-refractivity contribution >= 4 is 22.7 Å². The molecule has 0 fully saturated rings. The SMILES string of the molecule is [2H]c1cc(-c2cccc(N)c2)ccc1-c1cc2ccncc2n1C(=O)OC(C)(C)C. The molecule has 29 heavy (non-hydrogen) atoms. The third-order valence-electron chi connectivity index (χ3n) is 4.49. The fraction of sp³-hybridized carbons (Fsp3) is 0.167. The van der Waals surface area contributed by atoms with Crippen molar-refractivity contribution in [3.8, 4) is 22.4 Å². The Balaban J connectivity index is 1.85. The molecule has 146 valence electrons. The molecule has 0 radical (unpaired) electrons. The average molecular weight is 386 g/mol. The molecule has 0 aliphatic rings. The van der Waals surface area contributed by atoms with E-state index in [0.717, 1.165) is 16.5 Å². The normalized spacial score (nSPS) is 12.0. The fourth-order valence-corrected chi connectivity index (χ4v) is 3.23. The zero-order chi connectivity index (χ0) is 21.5. The third-order valence-corrected chi connectivity index (χ3v) is 4.49. The number of nitrogens with zero attached hydrogens (tertiary/aromatic N) is 2. The van der Waals surface area contributed by atoms with E-state index in [1.54, 1.807) is 18.5 Å². The van der Waals surface area contributed by atoms with Crippen molar-refractivity contribution < 1.29 is 10.9 Å². The van der Waals surface area contributed by atoms with Crippen molar-refractivity contribution in [2.45, 2.75) is 26.4 Å². The van der Waals surface area contributed by atoms with Crippen LogP contribution in [0.4, 0.5) is 10.5 Å². The van der Waals surface area contributed by atoms with Gasteiger partial charge in [0.25, 0.3) is 0 Å². The molecule has 0 amide bonds. The molecule has 2 aromatic heterocycles. The van der Waals surface area contributed by atoms with Crippen LogP contribution in [0.2, 0.25) is 0 Å². The zero-order valence-electron chi connectivity index (χ0n) is 17.6. The number of anilines is 1. The summed E-state index contributed by atoms with van der Waals surface area (Å²) in [5.74, 6) is 0. The van der Waals surface area contributed by atoms with Crippen molar-refractivity contribution in [1.29, 1.82) is 0 Å². The Labute approximate surface area is 171 Å². The molecule has 5 heteroatoms. The summed E-state index contributed by atoms with van der Waals surface area (Å²) in [5.41, 5.74) is 9.60. The van der Waals surface area contributed by atoms with E-state index in [1.165, 1.54) is 4.57 Å². The van der Waals surface area contributed by atoms with Gasteiger partial charge in [0.15, 0.2) is 0 Å². The Morgan fingerprint density at radius 1 is 1.07 bits per heavy atom. The molecule has 0 spiro atoms. The maximum absolute atomic E-state index is 13.0. The lowest BCUT2D eigenvalue weighted by molar-refractivity contribution is 0.0547. The molecule has 2 heterocycles. The smallest absolute Gasteiger partial charge is 0.419 e. The summed E-state index contributed by atoms with van der Waals surface area (Å²) in [6.07, 6.45) is 2.81. The first-order valence-corrected chi connectivity index (χ1v) is 9.39. The van der Waals surface area contributed by atoms with Gasteiger partial charge in [-0.1, -0.05) is 36.4 Å². The molecule has 0 atom stereocenters. The van der Waals surface area contributed by atoms with Crippen LogP contribution >= 0.6 is 0 Å². The zero-order valence-corrected chi connectivity index (χ0v) is 16.6. The second-order valence-electron chi connectivity index (χ2n) is 7.90. The number of carbonyl (C=O) groups excluding carboxylic acids is 1. The van der Waals surface area contributed by atoms with E-state index >= 15 is 0 Å². The number of hydrogen-bond donors (Lipinski definition) is 1. The quantitative estimate of drug-likeness (QED) is 0.446. The second kappa shape index (κ2) is 7.09. The number of fused-ring (bicyclic) bond motifs is 1. The first-order chi connectivity index (χ1) is 14.2. The van der Waals surface area contributed by atoms with Gasteiger partial charge in [-0.05, 0) is 61.7 Å². The minimum absolute atomic E-state index is 0.301. The molecular formula is C24H23N3O2. The van der Waals surface area contributed by atoms with Crippen molar-refractivity contribution in [2.24, 2.45) is 0 Å². The molecule has 0 saturated carbocycles. The number of nitrogens with two attached hydrogens (primary N) is 1. The van der Waals surface area contributed by atoms with Crippen molar-refractivity contribution in [3.05, 3.63) is 73.0 Å². The van der Waals surface area contributed by atoms with Gasteiger partial charge in [0.05, 0.1) is 18.8 Å². The minimum atomic E-state index is -0.645. The minimum Gasteiger partial charge on any atom is -0.443 e. The number of aromatic nitrogens is 2. The highest BCUT2D eigenvalue weighted by molar-refractivity contribution is 5.96. The monoisotopic (exact) mass is 386 g/mol. The summed E-state index contributed by atoms with van der Waals surface area (Å²) in [5, 5.41) is 0.852. The maximum Gasteiger partial charge on any atom is 0.419 e. The standard InChI is InChI=1S/C24H23N3O2/c1-24(2,3)29-23(28)27-21(14-19-11-12-26-15-22(19)27)17-9-7-16(8-10-17)18-5-4-6-20(25)13-18/h4-15H,25H2,1-3H3/i9D. The summed E-state index contributed by atoms with van der Waals surface area (Å²) in [7, 11) is 0. The largest absolute Gasteiger partial charge is 0.443 e. The Morgan fingerprint density at radius 3 is 2.59 bits per heavy atom. The molecule has 0 bridgehead atoms. The highest BCUT2D eigenvalue weighted by atomic mass is 16.6. The van der Waals surface area contributed by atoms with Crippen LogP contribution in [0.25, 0.3) is 33.3 Å². The highest BCUT2D eigenvalue weighted by Gasteiger charge is 2.22. The Morgan fingerprint density at radius 2 is 1.86 bits per heavy atom. The van der Waals surface area contributed by atoms with Crippen molar-refractivity contribution in [3.63, 3.8) is 0 Å². The second-order valence-corrected chi connectivity index (χ2v) is 7.90. The number of nitrogen functional groups attached to an aromatic ring is 1. The molecule has 4 aromatic rings. The number of benzene rings is 2. The van der Waals surface area contributed by atoms with E-state index in [-0.39, 0.29) is 0 Å². The lowest BCUT2D eigenvalue weighted by Gasteiger charge is -2.21. The van der Waals surface area contributed by atoms with E-state index in [1.807, 2.05) is 69.3 Å². The van der Waals surface area contributed by atoms with E-state index in [2.05, 4.69) is 4.98 Å². The molecule has 2 N–H and O–H groups in total. The van der Waals surface area contributed by atoms with Crippen LogP contribution in [0.5, 0.6) is 0 Å². The Bertz CT molecular complexity index is 1260. The predicted molar refractivity (Wildman–Crippen MR) is 117 cm³/mol. The summed E-state index contributed by atoms with van der Waals surface area (Å²) in [4.78, 5) is 17.2. The molecule has 0 aliphatic carbocycles. The van der Waals surface area contributed by atoms with Crippen molar-refractivity contribution in [1.82, 2.24) is 9.55 Å². The number of rotatable bonds is 2. The van der Waals surface area contributed by atoms with Gasteiger partial charge >= 0.3 is 6.09 Å². The lowest BCUT2D eigenvalue weighted by atomic mass is 10.0. The number of hydrogen-bond acceptors (Lipinski definition) is 4. The molecule has 0 saturated heterocycles. The molecule has 4 rings (SSSR count). The summed E-state index contributed by atoms with van der Waals surface area (Å²) >= 11 is 0. The third kappa shape index (κ3) is 3.85. The summed E-state index contributed by atoms with van der Waals surface area (Å²) in [6, 6.07) is 17.1. The van der Waals surface area contributed by atoms with Crippen LogP contribution in [0.15, 0.2) is 73.0 Å². The number of pyridine rings is 1. The first-order valence-electron chi connectivity index (χ1n) is 9.89. The van der Waals surface area contributed by atoms with E-state index in [9.17, 15) is 4.79 Å². The van der Waals surface area contributed by atoms with Crippen LogP contribution in [-0.2, 0) is 4.74 Å². The first kappa shape index (κ1) is 17.5. The van der Waals surface area contributed by atoms with E-state index in [0.29, 0.717) is 28.5 Å². The lowest BCUT2D eigenvalue weighted by Crippen LogP contribution is -2.27. The van der Waals surface area contributed by atoms with Gasteiger partial charge in [-0.3, -0.25) is 4.98 Å². The highest BCUT2D eigenvalue weighted by Crippen LogP contribution is 2.31. The molecule has 0 unspecified atom stereocenters.